The number of rotatable bonds is 8. The summed E-state index contributed by atoms with van der Waals surface area (Å²) in [6.07, 6.45) is 1.19. The molecule has 1 saturated heterocycles. The molecule has 0 bridgehead atoms. The van der Waals surface area contributed by atoms with Gasteiger partial charge in [0.1, 0.15) is 5.75 Å². The molecule has 0 saturated carbocycles. The SMILES string of the molecule is CCOc1ccc(N(Cc2ccc(C(=O)N3CCN(c4ccccc4)CC3)cc2)S(C)(=O)=O)cc1. The lowest BCUT2D eigenvalue weighted by molar-refractivity contribution is 0.0746. The van der Waals surface area contributed by atoms with Gasteiger partial charge >= 0.3 is 0 Å². The molecule has 1 aliphatic heterocycles. The van der Waals surface area contributed by atoms with Gasteiger partial charge < -0.3 is 14.5 Å². The van der Waals surface area contributed by atoms with E-state index in [9.17, 15) is 13.2 Å². The normalized spacial score (nSPS) is 14.0. The first-order chi connectivity index (χ1) is 16.8. The first-order valence-corrected chi connectivity index (χ1v) is 13.6. The van der Waals surface area contributed by atoms with Crippen LogP contribution in [0.5, 0.6) is 5.75 Å². The zero-order chi connectivity index (χ0) is 24.8. The average molecular weight is 494 g/mol. The first-order valence-electron chi connectivity index (χ1n) is 11.7. The summed E-state index contributed by atoms with van der Waals surface area (Å²) in [6.45, 7) is 5.53. The van der Waals surface area contributed by atoms with Gasteiger partial charge in [0.25, 0.3) is 5.91 Å². The Morgan fingerprint density at radius 2 is 1.51 bits per heavy atom. The molecule has 3 aromatic rings. The third kappa shape index (κ3) is 6.14. The molecule has 184 valence electrons. The third-order valence-corrected chi connectivity index (χ3v) is 7.19. The van der Waals surface area contributed by atoms with Crippen molar-refractivity contribution in [3.8, 4) is 5.75 Å². The lowest BCUT2D eigenvalue weighted by Crippen LogP contribution is -2.48. The molecular formula is C27H31N3O4S. The zero-order valence-electron chi connectivity index (χ0n) is 20.1. The number of carbonyl (C=O) groups is 1. The topological polar surface area (TPSA) is 70.2 Å². The van der Waals surface area contributed by atoms with Gasteiger partial charge in [0, 0.05) is 37.4 Å². The fourth-order valence-electron chi connectivity index (χ4n) is 4.18. The summed E-state index contributed by atoms with van der Waals surface area (Å²) in [5, 5.41) is 0. The maximum atomic E-state index is 13.0. The lowest BCUT2D eigenvalue weighted by Gasteiger charge is -2.36. The molecule has 0 aromatic heterocycles. The summed E-state index contributed by atoms with van der Waals surface area (Å²) in [7, 11) is -3.50. The number of hydrogen-bond donors (Lipinski definition) is 0. The quantitative estimate of drug-likeness (QED) is 0.474. The van der Waals surface area contributed by atoms with Crippen molar-refractivity contribution >= 4 is 27.3 Å². The van der Waals surface area contributed by atoms with Gasteiger partial charge in [-0.15, -0.1) is 0 Å². The monoisotopic (exact) mass is 493 g/mol. The highest BCUT2D eigenvalue weighted by molar-refractivity contribution is 7.92. The van der Waals surface area contributed by atoms with E-state index in [1.165, 1.54) is 16.2 Å². The molecule has 7 nitrogen and oxygen atoms in total. The van der Waals surface area contributed by atoms with Crippen molar-refractivity contribution in [1.29, 1.82) is 0 Å². The minimum absolute atomic E-state index is 0.00394. The van der Waals surface area contributed by atoms with Gasteiger partial charge in [-0.2, -0.15) is 0 Å². The minimum Gasteiger partial charge on any atom is -0.494 e. The van der Waals surface area contributed by atoms with Gasteiger partial charge in [-0.1, -0.05) is 30.3 Å². The fraction of sp³-hybridized carbons (Fsp3) is 0.296. The van der Waals surface area contributed by atoms with Crippen LogP contribution in [0.25, 0.3) is 0 Å². The maximum Gasteiger partial charge on any atom is 0.253 e. The van der Waals surface area contributed by atoms with Crippen LogP contribution in [0.1, 0.15) is 22.8 Å². The first kappa shape index (κ1) is 24.6. The van der Waals surface area contributed by atoms with E-state index in [2.05, 4.69) is 17.0 Å². The van der Waals surface area contributed by atoms with E-state index >= 15 is 0 Å². The molecule has 1 heterocycles. The summed E-state index contributed by atoms with van der Waals surface area (Å²) in [5.41, 5.74) is 3.14. The molecule has 4 rings (SSSR count). The molecule has 0 unspecified atom stereocenters. The Labute approximate surface area is 207 Å². The van der Waals surface area contributed by atoms with Gasteiger partial charge in [0.05, 0.1) is 25.1 Å². The van der Waals surface area contributed by atoms with Crippen LogP contribution in [-0.4, -0.2) is 58.3 Å². The number of carbonyl (C=O) groups excluding carboxylic acids is 1. The second-order valence-corrected chi connectivity index (χ2v) is 10.4. The fourth-order valence-corrected chi connectivity index (χ4v) is 5.07. The number of anilines is 2. The average Bonchev–Trinajstić information content (AvgIpc) is 2.88. The lowest BCUT2D eigenvalue weighted by atomic mass is 10.1. The van der Waals surface area contributed by atoms with Gasteiger partial charge in [-0.3, -0.25) is 9.10 Å². The number of piperazine rings is 1. The molecule has 0 radical (unpaired) electrons. The molecule has 0 atom stereocenters. The van der Waals surface area contributed by atoms with Crippen molar-refractivity contribution < 1.29 is 17.9 Å². The van der Waals surface area contributed by atoms with E-state index in [0.29, 0.717) is 36.7 Å². The van der Waals surface area contributed by atoms with Gasteiger partial charge in [0.15, 0.2) is 0 Å². The predicted molar refractivity (Wildman–Crippen MR) is 140 cm³/mol. The van der Waals surface area contributed by atoms with E-state index in [1.807, 2.05) is 42.2 Å². The Balaban J connectivity index is 1.40. The van der Waals surface area contributed by atoms with Crippen LogP contribution in [-0.2, 0) is 16.6 Å². The van der Waals surface area contributed by atoms with Crippen molar-refractivity contribution in [2.45, 2.75) is 13.5 Å². The number of sulfonamides is 1. The summed E-state index contributed by atoms with van der Waals surface area (Å²) >= 11 is 0. The van der Waals surface area contributed by atoms with Crippen LogP contribution in [0.4, 0.5) is 11.4 Å². The molecule has 3 aromatic carbocycles. The van der Waals surface area contributed by atoms with Crippen LogP contribution in [0.15, 0.2) is 78.9 Å². The van der Waals surface area contributed by atoms with Crippen LogP contribution in [0, 0.1) is 0 Å². The van der Waals surface area contributed by atoms with Crippen molar-refractivity contribution in [3.63, 3.8) is 0 Å². The summed E-state index contributed by atoms with van der Waals surface area (Å²) in [4.78, 5) is 17.2. The summed E-state index contributed by atoms with van der Waals surface area (Å²) in [5.74, 6) is 0.688. The molecule has 35 heavy (non-hydrogen) atoms. The Bertz CT molecular complexity index is 1220. The molecule has 0 N–H and O–H groups in total. The van der Waals surface area contributed by atoms with Crippen LogP contribution < -0.4 is 13.9 Å². The standard InChI is InChI=1S/C27H31N3O4S/c1-3-34-26-15-13-25(14-16-26)30(35(2,32)33)21-22-9-11-23(12-10-22)27(31)29-19-17-28(18-20-29)24-7-5-4-6-8-24/h4-16H,3,17-21H2,1-2H3. The molecule has 8 heteroatoms. The highest BCUT2D eigenvalue weighted by Gasteiger charge is 2.23. The van der Waals surface area contributed by atoms with Crippen LogP contribution in [0.2, 0.25) is 0 Å². The second kappa shape index (κ2) is 10.8. The number of hydrogen-bond acceptors (Lipinski definition) is 5. The highest BCUT2D eigenvalue weighted by atomic mass is 32.2. The zero-order valence-corrected chi connectivity index (χ0v) is 20.9. The Kier molecular flexibility index (Phi) is 7.60. The Morgan fingerprint density at radius 1 is 0.886 bits per heavy atom. The van der Waals surface area contributed by atoms with Gasteiger partial charge in [-0.25, -0.2) is 8.42 Å². The van der Waals surface area contributed by atoms with Crippen molar-refractivity contribution in [2.24, 2.45) is 0 Å². The van der Waals surface area contributed by atoms with Crippen LogP contribution in [0.3, 0.4) is 0 Å². The molecule has 1 amide bonds. The summed E-state index contributed by atoms with van der Waals surface area (Å²) < 4.78 is 31.8. The largest absolute Gasteiger partial charge is 0.494 e. The van der Waals surface area contributed by atoms with Crippen molar-refractivity contribution in [2.75, 3.05) is 48.2 Å². The molecule has 1 aliphatic rings. The third-order valence-electron chi connectivity index (χ3n) is 6.05. The smallest absolute Gasteiger partial charge is 0.253 e. The molecular weight excluding hydrogens is 462 g/mol. The number of ether oxygens (including phenoxy) is 1. The molecule has 0 aliphatic carbocycles. The van der Waals surface area contributed by atoms with E-state index in [4.69, 9.17) is 4.74 Å². The maximum absolute atomic E-state index is 13.0. The number of amides is 1. The van der Waals surface area contributed by atoms with Crippen molar-refractivity contribution in [1.82, 2.24) is 4.90 Å². The Morgan fingerprint density at radius 3 is 2.09 bits per heavy atom. The number of benzene rings is 3. The second-order valence-electron chi connectivity index (χ2n) is 8.51. The van der Waals surface area contributed by atoms with E-state index in [1.54, 1.807) is 36.4 Å². The van der Waals surface area contributed by atoms with E-state index < -0.39 is 10.0 Å². The molecule has 1 fully saturated rings. The number of nitrogens with zero attached hydrogens (tertiary/aromatic N) is 3. The highest BCUT2D eigenvalue weighted by Crippen LogP contribution is 2.24. The van der Waals surface area contributed by atoms with Gasteiger partial charge in [0.2, 0.25) is 10.0 Å². The predicted octanol–water partition coefficient (Wildman–Crippen LogP) is 4.01. The van der Waals surface area contributed by atoms with E-state index in [0.717, 1.165) is 18.7 Å². The number of para-hydroxylation sites is 1. The van der Waals surface area contributed by atoms with Gasteiger partial charge in [-0.05, 0) is 61.0 Å². The van der Waals surface area contributed by atoms with Crippen molar-refractivity contribution in [3.05, 3.63) is 90.0 Å². The Hall–Kier alpha value is -3.52. The minimum atomic E-state index is -3.50. The van der Waals surface area contributed by atoms with E-state index in [-0.39, 0.29) is 12.5 Å². The summed E-state index contributed by atoms with van der Waals surface area (Å²) in [6, 6.07) is 24.4. The van der Waals surface area contributed by atoms with Crippen LogP contribution >= 0.6 is 0 Å². The molecule has 0 spiro atoms.